The predicted molar refractivity (Wildman–Crippen MR) is 80.8 cm³/mol. The third-order valence-corrected chi connectivity index (χ3v) is 5.45. The molecule has 0 bridgehead atoms. The van der Waals surface area contributed by atoms with Crippen LogP contribution in [0.3, 0.4) is 0 Å². The molecule has 1 aromatic rings. The summed E-state index contributed by atoms with van der Waals surface area (Å²) in [5, 5.41) is 4.28. The molecular formula is C14H24N4O2S. The number of hydrogen-bond donors (Lipinski definition) is 2. The quantitative estimate of drug-likeness (QED) is 0.634. The van der Waals surface area contributed by atoms with Gasteiger partial charge >= 0.3 is 0 Å². The van der Waals surface area contributed by atoms with Gasteiger partial charge in [-0.05, 0) is 36.7 Å². The van der Waals surface area contributed by atoms with Crippen LogP contribution >= 0.6 is 11.5 Å². The summed E-state index contributed by atoms with van der Waals surface area (Å²) in [4.78, 5) is 1.19. The maximum Gasteiger partial charge on any atom is 0.0940 e. The maximum atomic E-state index is 6.02. The second-order valence-corrected chi connectivity index (χ2v) is 6.85. The van der Waals surface area contributed by atoms with E-state index in [0.717, 1.165) is 51.0 Å². The molecule has 7 heteroatoms. The molecule has 0 aliphatic carbocycles. The Bertz CT molecular complexity index is 462. The molecule has 1 spiro atoms. The van der Waals surface area contributed by atoms with E-state index in [1.54, 1.807) is 0 Å². The first-order chi connectivity index (χ1) is 10.3. The minimum absolute atomic E-state index is 0.0962. The van der Waals surface area contributed by atoms with Crippen LogP contribution in [0, 0.1) is 5.92 Å². The van der Waals surface area contributed by atoms with Crippen LogP contribution in [0.25, 0.3) is 0 Å². The molecule has 118 valence electrons. The molecule has 2 fully saturated rings. The average molecular weight is 312 g/mol. The van der Waals surface area contributed by atoms with Crippen LogP contribution in [0.15, 0.2) is 0 Å². The van der Waals surface area contributed by atoms with Gasteiger partial charge in [-0.1, -0.05) is 17.8 Å². The smallest absolute Gasteiger partial charge is 0.0940 e. The van der Waals surface area contributed by atoms with E-state index in [0.29, 0.717) is 12.5 Å². The van der Waals surface area contributed by atoms with Crippen molar-refractivity contribution in [2.75, 3.05) is 19.8 Å². The Balaban J connectivity index is 1.77. The SMILES string of the molecule is CCCc1nnsc1C(NN)C1CCOC2(CCOC2)C1. The first-order valence-electron chi connectivity index (χ1n) is 7.77. The van der Waals surface area contributed by atoms with Crippen molar-refractivity contribution in [3.63, 3.8) is 0 Å². The largest absolute Gasteiger partial charge is 0.378 e. The summed E-state index contributed by atoms with van der Waals surface area (Å²) in [6, 6.07) is 0.118. The van der Waals surface area contributed by atoms with Crippen molar-refractivity contribution < 1.29 is 9.47 Å². The Morgan fingerprint density at radius 3 is 3.14 bits per heavy atom. The zero-order valence-electron chi connectivity index (χ0n) is 12.5. The van der Waals surface area contributed by atoms with Crippen LogP contribution in [-0.4, -0.2) is 35.0 Å². The van der Waals surface area contributed by atoms with E-state index in [1.807, 2.05) is 0 Å². The zero-order chi connectivity index (χ0) is 14.7. The monoisotopic (exact) mass is 312 g/mol. The Morgan fingerprint density at radius 1 is 1.52 bits per heavy atom. The molecule has 0 aromatic carbocycles. The van der Waals surface area contributed by atoms with Crippen molar-refractivity contribution in [3.8, 4) is 0 Å². The molecule has 3 atom stereocenters. The molecule has 3 rings (SSSR count). The Kier molecular flexibility index (Phi) is 4.85. The lowest BCUT2D eigenvalue weighted by Crippen LogP contribution is -2.45. The maximum absolute atomic E-state index is 6.02. The van der Waals surface area contributed by atoms with Crippen LogP contribution < -0.4 is 11.3 Å². The number of nitrogens with one attached hydrogen (secondary N) is 1. The second kappa shape index (κ2) is 6.66. The van der Waals surface area contributed by atoms with Crippen molar-refractivity contribution in [1.29, 1.82) is 0 Å². The number of nitrogens with zero attached hydrogens (tertiary/aromatic N) is 2. The van der Waals surface area contributed by atoms with Crippen molar-refractivity contribution in [1.82, 2.24) is 15.0 Å². The van der Waals surface area contributed by atoms with E-state index in [9.17, 15) is 0 Å². The highest BCUT2D eigenvalue weighted by atomic mass is 32.1. The average Bonchev–Trinajstić information content (AvgIpc) is 3.12. The van der Waals surface area contributed by atoms with Crippen molar-refractivity contribution >= 4 is 11.5 Å². The highest BCUT2D eigenvalue weighted by molar-refractivity contribution is 7.05. The van der Waals surface area contributed by atoms with Gasteiger partial charge in [0.25, 0.3) is 0 Å². The van der Waals surface area contributed by atoms with Gasteiger partial charge in [0.15, 0.2) is 0 Å². The van der Waals surface area contributed by atoms with Crippen LogP contribution in [0.1, 0.15) is 49.2 Å². The van der Waals surface area contributed by atoms with Crippen LogP contribution in [0.4, 0.5) is 0 Å². The molecule has 2 aliphatic rings. The van der Waals surface area contributed by atoms with Gasteiger partial charge in [-0.3, -0.25) is 11.3 Å². The summed E-state index contributed by atoms with van der Waals surface area (Å²) >= 11 is 1.47. The molecule has 3 N–H and O–H groups in total. The number of aromatic nitrogens is 2. The van der Waals surface area contributed by atoms with Crippen molar-refractivity contribution in [2.24, 2.45) is 11.8 Å². The van der Waals surface area contributed by atoms with Gasteiger partial charge in [0.2, 0.25) is 0 Å². The van der Waals surface area contributed by atoms with Gasteiger partial charge in [0.05, 0.1) is 28.8 Å². The summed E-state index contributed by atoms with van der Waals surface area (Å²) in [5.74, 6) is 6.32. The van der Waals surface area contributed by atoms with Gasteiger partial charge in [-0.2, -0.15) is 0 Å². The lowest BCUT2D eigenvalue weighted by Gasteiger charge is -2.40. The number of nitrogens with two attached hydrogens (primary N) is 1. The lowest BCUT2D eigenvalue weighted by molar-refractivity contribution is -0.103. The van der Waals surface area contributed by atoms with E-state index in [1.165, 1.54) is 16.4 Å². The number of hydrazine groups is 1. The molecule has 21 heavy (non-hydrogen) atoms. The van der Waals surface area contributed by atoms with Crippen molar-refractivity contribution in [3.05, 3.63) is 10.6 Å². The third-order valence-electron chi connectivity index (χ3n) is 4.60. The summed E-state index contributed by atoms with van der Waals surface area (Å²) in [6.45, 7) is 4.45. The van der Waals surface area contributed by atoms with Crippen LogP contribution in [-0.2, 0) is 15.9 Å². The highest BCUT2D eigenvalue weighted by Crippen LogP contribution is 2.41. The number of rotatable bonds is 5. The Hall–Kier alpha value is -0.600. The first-order valence-corrected chi connectivity index (χ1v) is 8.54. The Labute approximate surface area is 129 Å². The van der Waals surface area contributed by atoms with Gasteiger partial charge in [-0.15, -0.1) is 5.10 Å². The van der Waals surface area contributed by atoms with E-state index in [2.05, 4.69) is 21.9 Å². The topological polar surface area (TPSA) is 82.3 Å². The third kappa shape index (κ3) is 3.12. The molecular weight excluding hydrogens is 288 g/mol. The van der Waals surface area contributed by atoms with E-state index >= 15 is 0 Å². The van der Waals surface area contributed by atoms with Gasteiger partial charge < -0.3 is 9.47 Å². The molecule has 0 saturated carbocycles. The van der Waals surface area contributed by atoms with Gasteiger partial charge in [-0.25, -0.2) is 0 Å². The van der Waals surface area contributed by atoms with Crippen molar-refractivity contribution in [2.45, 2.75) is 50.7 Å². The summed E-state index contributed by atoms with van der Waals surface area (Å²) in [6.07, 6.45) is 5.03. The summed E-state index contributed by atoms with van der Waals surface area (Å²) in [5.41, 5.74) is 4.01. The predicted octanol–water partition coefficient (Wildman–Crippen LogP) is 1.58. The highest BCUT2D eigenvalue weighted by Gasteiger charge is 2.43. The minimum Gasteiger partial charge on any atom is -0.378 e. The first kappa shape index (κ1) is 15.3. The summed E-state index contributed by atoms with van der Waals surface area (Å²) < 4.78 is 15.7. The molecule has 3 unspecified atom stereocenters. The van der Waals surface area contributed by atoms with Crippen LogP contribution in [0.2, 0.25) is 0 Å². The molecule has 3 heterocycles. The molecule has 2 saturated heterocycles. The van der Waals surface area contributed by atoms with E-state index in [-0.39, 0.29) is 11.6 Å². The van der Waals surface area contributed by atoms with E-state index in [4.69, 9.17) is 15.3 Å². The molecule has 0 radical (unpaired) electrons. The number of ether oxygens (including phenoxy) is 2. The fourth-order valence-corrected chi connectivity index (χ4v) is 4.35. The molecule has 1 aromatic heterocycles. The second-order valence-electron chi connectivity index (χ2n) is 6.07. The summed E-state index contributed by atoms with van der Waals surface area (Å²) in [7, 11) is 0. The molecule has 6 nitrogen and oxygen atoms in total. The zero-order valence-corrected chi connectivity index (χ0v) is 13.3. The number of aryl methyl sites for hydroxylation is 1. The fraction of sp³-hybridized carbons (Fsp3) is 0.857. The lowest BCUT2D eigenvalue weighted by atomic mass is 9.80. The molecule has 0 amide bonds. The standard InChI is InChI=1S/C14H24N4O2S/c1-2-3-11-13(21-18-17-11)12(16-15)10-4-6-20-14(8-10)5-7-19-9-14/h10,12,16H,2-9,15H2,1H3. The van der Waals surface area contributed by atoms with Gasteiger partial charge in [0, 0.05) is 19.6 Å². The fourth-order valence-electron chi connectivity index (χ4n) is 3.50. The normalized spacial score (nSPS) is 30.9. The minimum atomic E-state index is -0.0962. The number of hydrogen-bond acceptors (Lipinski definition) is 7. The van der Waals surface area contributed by atoms with E-state index < -0.39 is 0 Å². The Morgan fingerprint density at radius 2 is 2.43 bits per heavy atom. The van der Waals surface area contributed by atoms with Gasteiger partial charge in [0.1, 0.15) is 0 Å². The van der Waals surface area contributed by atoms with Crippen LogP contribution in [0.5, 0.6) is 0 Å². The molecule has 2 aliphatic heterocycles.